The van der Waals surface area contributed by atoms with Crippen molar-refractivity contribution in [1.82, 2.24) is 0 Å². The van der Waals surface area contributed by atoms with Crippen LogP contribution in [0.3, 0.4) is 0 Å². The molecule has 0 radical (unpaired) electrons. The number of ketones is 2. The number of carbonyl (C=O) groups excluding carboxylic acids is 3. The van der Waals surface area contributed by atoms with Gasteiger partial charge in [0.25, 0.3) is 0 Å². The minimum atomic E-state index is -1.05. The number of Topliss-reactive ketones (excluding diaryl/α,β-unsaturated/α-hetero) is 1. The van der Waals surface area contributed by atoms with E-state index in [1.54, 1.807) is 0 Å². The lowest BCUT2D eigenvalue weighted by atomic mass is 9.51. The molecule has 168 valence electrons. The van der Waals surface area contributed by atoms with E-state index in [1.807, 2.05) is 6.08 Å². The second kappa shape index (κ2) is 8.03. The Labute approximate surface area is 183 Å². The third-order valence-corrected chi connectivity index (χ3v) is 8.64. The molecule has 4 aliphatic carbocycles. The van der Waals surface area contributed by atoms with Gasteiger partial charge in [-0.1, -0.05) is 31.1 Å². The smallest absolute Gasteiger partial charge is 0.306 e. The van der Waals surface area contributed by atoms with E-state index in [4.69, 9.17) is 9.84 Å². The predicted molar refractivity (Wildman–Crippen MR) is 113 cm³/mol. The van der Waals surface area contributed by atoms with Crippen LogP contribution in [0.1, 0.15) is 71.6 Å². The van der Waals surface area contributed by atoms with Gasteiger partial charge in [0.05, 0.1) is 12.8 Å². The Morgan fingerprint density at radius 1 is 1.13 bits per heavy atom. The van der Waals surface area contributed by atoms with Crippen molar-refractivity contribution in [2.45, 2.75) is 71.6 Å². The quantitative estimate of drug-likeness (QED) is 0.507. The van der Waals surface area contributed by atoms with Crippen molar-refractivity contribution >= 4 is 23.5 Å². The van der Waals surface area contributed by atoms with Crippen molar-refractivity contribution in [2.24, 2.45) is 28.6 Å². The first kappa shape index (κ1) is 22.0. The summed E-state index contributed by atoms with van der Waals surface area (Å²) in [6.07, 6.45) is 9.87. The van der Waals surface area contributed by atoms with Gasteiger partial charge in [-0.2, -0.15) is 0 Å². The van der Waals surface area contributed by atoms with Crippen molar-refractivity contribution in [3.63, 3.8) is 0 Å². The highest BCUT2D eigenvalue weighted by Crippen LogP contribution is 2.64. The summed E-state index contributed by atoms with van der Waals surface area (Å²) < 4.78 is 5.09. The highest BCUT2D eigenvalue weighted by atomic mass is 16.5. The molecule has 6 heteroatoms. The van der Waals surface area contributed by atoms with Gasteiger partial charge in [0, 0.05) is 17.8 Å². The Kier molecular flexibility index (Phi) is 5.69. The summed E-state index contributed by atoms with van der Waals surface area (Å²) in [6, 6.07) is 0. The van der Waals surface area contributed by atoms with Crippen LogP contribution in [-0.2, 0) is 23.9 Å². The lowest BCUT2D eigenvalue weighted by Crippen LogP contribution is -2.45. The van der Waals surface area contributed by atoms with Crippen molar-refractivity contribution in [2.75, 3.05) is 6.61 Å². The average Bonchev–Trinajstić information content (AvgIpc) is 3.08. The molecule has 5 atom stereocenters. The first-order valence-corrected chi connectivity index (χ1v) is 11.5. The summed E-state index contributed by atoms with van der Waals surface area (Å²) in [4.78, 5) is 47.3. The number of esters is 1. The van der Waals surface area contributed by atoms with E-state index in [1.165, 1.54) is 11.1 Å². The number of fused-ring (bicyclic) bond motifs is 5. The zero-order chi connectivity index (χ0) is 22.4. The van der Waals surface area contributed by atoms with E-state index in [9.17, 15) is 19.2 Å². The van der Waals surface area contributed by atoms with Gasteiger partial charge in [-0.05, 0) is 61.9 Å². The van der Waals surface area contributed by atoms with Crippen LogP contribution in [-0.4, -0.2) is 35.2 Å². The van der Waals surface area contributed by atoms with Gasteiger partial charge in [-0.3, -0.25) is 19.2 Å². The number of aliphatic carboxylic acids is 1. The monoisotopic (exact) mass is 428 g/mol. The number of carbonyl (C=O) groups is 4. The first-order valence-electron chi connectivity index (χ1n) is 11.5. The van der Waals surface area contributed by atoms with Gasteiger partial charge >= 0.3 is 11.9 Å². The van der Waals surface area contributed by atoms with Crippen LogP contribution < -0.4 is 0 Å². The zero-order valence-electron chi connectivity index (χ0n) is 18.4. The fourth-order valence-corrected chi connectivity index (χ4v) is 6.92. The molecule has 0 aliphatic heterocycles. The molecule has 4 rings (SSSR count). The zero-order valence-corrected chi connectivity index (χ0v) is 18.4. The number of carboxylic acids is 1. The molecule has 31 heavy (non-hydrogen) atoms. The SMILES string of the molecule is CC12CCC(=O)C=C1CCC1C2=CCC2(C)C(C(=O)COC(=O)CCC(=O)O)CCC12. The van der Waals surface area contributed by atoms with Gasteiger partial charge in [0.1, 0.15) is 6.61 Å². The maximum absolute atomic E-state index is 13.0. The molecule has 2 fully saturated rings. The molecule has 0 spiro atoms. The number of rotatable bonds is 6. The van der Waals surface area contributed by atoms with Crippen LogP contribution in [0.4, 0.5) is 0 Å². The van der Waals surface area contributed by atoms with E-state index in [0.29, 0.717) is 18.3 Å². The second-order valence-corrected chi connectivity index (χ2v) is 10.2. The van der Waals surface area contributed by atoms with E-state index in [-0.39, 0.29) is 47.8 Å². The molecule has 0 aromatic heterocycles. The number of hydrogen-bond acceptors (Lipinski definition) is 5. The van der Waals surface area contributed by atoms with E-state index in [0.717, 1.165) is 38.5 Å². The summed E-state index contributed by atoms with van der Waals surface area (Å²) in [6.45, 7) is 4.24. The molecular weight excluding hydrogens is 396 g/mol. The highest BCUT2D eigenvalue weighted by molar-refractivity contribution is 5.92. The second-order valence-electron chi connectivity index (χ2n) is 10.2. The molecular formula is C25H32O6. The van der Waals surface area contributed by atoms with Crippen LogP contribution in [0.25, 0.3) is 0 Å². The van der Waals surface area contributed by atoms with Gasteiger partial charge < -0.3 is 9.84 Å². The maximum Gasteiger partial charge on any atom is 0.306 e. The number of ether oxygens (including phenoxy) is 1. The highest BCUT2D eigenvalue weighted by Gasteiger charge is 2.57. The number of carboxylic acid groups (broad SMARTS) is 1. The molecule has 0 aromatic carbocycles. The molecule has 0 heterocycles. The topological polar surface area (TPSA) is 97.7 Å². The molecule has 6 nitrogen and oxygen atoms in total. The summed E-state index contributed by atoms with van der Waals surface area (Å²) in [5.41, 5.74) is 2.61. The maximum atomic E-state index is 13.0. The van der Waals surface area contributed by atoms with Crippen molar-refractivity contribution in [1.29, 1.82) is 0 Å². The molecule has 0 amide bonds. The summed E-state index contributed by atoms with van der Waals surface area (Å²) in [5, 5.41) is 8.67. The van der Waals surface area contributed by atoms with Crippen LogP contribution in [0.2, 0.25) is 0 Å². The largest absolute Gasteiger partial charge is 0.481 e. The molecule has 1 N–H and O–H groups in total. The van der Waals surface area contributed by atoms with Crippen LogP contribution in [0.15, 0.2) is 23.3 Å². The van der Waals surface area contributed by atoms with Crippen molar-refractivity contribution < 1.29 is 29.0 Å². The standard InChI is InChI=1S/C25H32O6/c1-24-11-9-16(26)13-15(24)3-4-17-18-5-6-20(25(18,2)12-10-19(17)24)21(27)14-31-23(30)8-7-22(28)29/h10,13,17-18,20H,3-9,11-12,14H2,1-2H3,(H,28,29). The lowest BCUT2D eigenvalue weighted by molar-refractivity contribution is -0.152. The van der Waals surface area contributed by atoms with Gasteiger partial charge in [0.15, 0.2) is 11.6 Å². The fourth-order valence-electron chi connectivity index (χ4n) is 6.92. The molecule has 0 bridgehead atoms. The lowest BCUT2D eigenvalue weighted by Gasteiger charge is -2.53. The van der Waals surface area contributed by atoms with Crippen LogP contribution in [0.5, 0.6) is 0 Å². The van der Waals surface area contributed by atoms with Crippen molar-refractivity contribution in [3.05, 3.63) is 23.3 Å². The van der Waals surface area contributed by atoms with E-state index >= 15 is 0 Å². The van der Waals surface area contributed by atoms with Crippen LogP contribution >= 0.6 is 0 Å². The number of hydrogen-bond donors (Lipinski definition) is 1. The third-order valence-electron chi connectivity index (χ3n) is 8.64. The number of allylic oxidation sites excluding steroid dienone is 4. The van der Waals surface area contributed by atoms with Gasteiger partial charge in [-0.25, -0.2) is 0 Å². The first-order chi connectivity index (χ1) is 14.6. The Balaban J connectivity index is 1.47. The Morgan fingerprint density at radius 2 is 1.90 bits per heavy atom. The van der Waals surface area contributed by atoms with E-state index in [2.05, 4.69) is 19.9 Å². The summed E-state index contributed by atoms with van der Waals surface area (Å²) in [5.74, 6) is -0.744. The Hall–Kier alpha value is -2.24. The Bertz CT molecular complexity index is 882. The molecule has 4 aliphatic rings. The van der Waals surface area contributed by atoms with Crippen molar-refractivity contribution in [3.8, 4) is 0 Å². The van der Waals surface area contributed by atoms with Gasteiger partial charge in [0.2, 0.25) is 0 Å². The summed E-state index contributed by atoms with van der Waals surface area (Å²) in [7, 11) is 0. The fraction of sp³-hybridized carbons (Fsp3) is 0.680. The summed E-state index contributed by atoms with van der Waals surface area (Å²) >= 11 is 0. The normalized spacial score (nSPS) is 36.5. The Morgan fingerprint density at radius 3 is 2.65 bits per heavy atom. The minimum Gasteiger partial charge on any atom is -0.481 e. The van der Waals surface area contributed by atoms with E-state index < -0.39 is 11.9 Å². The average molecular weight is 429 g/mol. The molecule has 0 saturated heterocycles. The third kappa shape index (κ3) is 3.79. The predicted octanol–water partition coefficient (Wildman–Crippen LogP) is 4.03. The molecule has 5 unspecified atom stereocenters. The molecule has 0 aromatic rings. The molecule has 2 saturated carbocycles. The van der Waals surface area contributed by atoms with Crippen LogP contribution in [0, 0.1) is 28.6 Å². The van der Waals surface area contributed by atoms with Gasteiger partial charge in [-0.15, -0.1) is 0 Å². The minimum absolute atomic E-state index is 0.0140.